The van der Waals surface area contributed by atoms with Crippen LogP contribution in [0.4, 0.5) is 4.39 Å². The van der Waals surface area contributed by atoms with Crippen molar-refractivity contribution in [3.05, 3.63) is 38.8 Å². The second-order valence-electron chi connectivity index (χ2n) is 3.57. The van der Waals surface area contributed by atoms with Crippen LogP contribution in [0.5, 0.6) is 0 Å². The molecule has 4 heteroatoms. The zero-order valence-corrected chi connectivity index (χ0v) is 11.9. The van der Waals surface area contributed by atoms with Crippen LogP contribution in [0.3, 0.4) is 0 Å². The number of hydrogen-bond donors (Lipinski definition) is 0. The maximum Gasteiger partial charge on any atom is 0.194 e. The Kier molecular flexibility index (Phi) is 4.15. The predicted octanol–water partition coefficient (Wildman–Crippen LogP) is 3.95. The Morgan fingerprint density at radius 1 is 1.29 bits per heavy atom. The van der Waals surface area contributed by atoms with Crippen molar-refractivity contribution in [1.82, 2.24) is 0 Å². The number of benzene rings is 1. The highest BCUT2D eigenvalue weighted by Crippen LogP contribution is 2.27. The van der Waals surface area contributed by atoms with Crippen LogP contribution in [0.15, 0.2) is 38.8 Å². The highest BCUT2D eigenvalue weighted by atomic mass is 127. The smallest absolute Gasteiger partial charge is 0.193 e. The summed E-state index contributed by atoms with van der Waals surface area (Å²) in [6.45, 7) is 4.18. The van der Waals surface area contributed by atoms with Crippen molar-refractivity contribution in [2.75, 3.05) is 0 Å². The zero-order valence-electron chi connectivity index (χ0n) is 8.02. The standard InChI is InChI=1S/C10H11ClFISi/c1-14(2,10(13)9(11)12)8-6-4-3-5-7-8/h3-7H,1-2H3/b10-9+. The second-order valence-corrected chi connectivity index (χ2v) is 10.3. The number of halogens is 3. The zero-order chi connectivity index (χ0) is 10.8. The average molecular weight is 341 g/mol. The van der Waals surface area contributed by atoms with Gasteiger partial charge in [0.05, 0.1) is 0 Å². The van der Waals surface area contributed by atoms with Crippen molar-refractivity contribution >= 4 is 47.5 Å². The summed E-state index contributed by atoms with van der Waals surface area (Å²) in [4.78, 5) is 0. The van der Waals surface area contributed by atoms with Crippen LogP contribution >= 0.6 is 34.2 Å². The lowest BCUT2D eigenvalue weighted by atomic mass is 10.4. The van der Waals surface area contributed by atoms with E-state index in [0.717, 1.165) is 0 Å². The Balaban J connectivity index is 3.15. The summed E-state index contributed by atoms with van der Waals surface area (Å²) in [7, 11) is -1.89. The maximum atomic E-state index is 12.9. The van der Waals surface area contributed by atoms with Crippen molar-refractivity contribution in [3.8, 4) is 0 Å². The fraction of sp³-hybridized carbons (Fsp3) is 0.200. The van der Waals surface area contributed by atoms with E-state index in [1.165, 1.54) is 5.19 Å². The first kappa shape index (κ1) is 12.2. The van der Waals surface area contributed by atoms with E-state index in [1.807, 2.05) is 52.9 Å². The van der Waals surface area contributed by atoms with E-state index in [0.29, 0.717) is 3.20 Å². The largest absolute Gasteiger partial charge is 0.194 e. The van der Waals surface area contributed by atoms with Crippen LogP contribution < -0.4 is 5.19 Å². The Morgan fingerprint density at radius 3 is 2.21 bits per heavy atom. The van der Waals surface area contributed by atoms with Gasteiger partial charge < -0.3 is 0 Å². The topological polar surface area (TPSA) is 0 Å². The molecule has 0 amide bonds. The van der Waals surface area contributed by atoms with Crippen LogP contribution in [0, 0.1) is 0 Å². The molecule has 1 aromatic rings. The first-order chi connectivity index (χ1) is 6.46. The molecule has 0 heterocycles. The molecule has 76 valence electrons. The van der Waals surface area contributed by atoms with E-state index in [-0.39, 0.29) is 0 Å². The minimum absolute atomic E-state index is 0.564. The molecule has 0 aliphatic rings. The normalized spacial score (nSPS) is 13.8. The van der Waals surface area contributed by atoms with Crippen LogP contribution in [-0.2, 0) is 0 Å². The van der Waals surface area contributed by atoms with E-state index in [4.69, 9.17) is 11.6 Å². The maximum absolute atomic E-state index is 12.9. The summed E-state index contributed by atoms with van der Waals surface area (Å²) in [5.41, 5.74) is 0. The van der Waals surface area contributed by atoms with Gasteiger partial charge in [0, 0.05) is 3.20 Å². The van der Waals surface area contributed by atoms with Crippen LogP contribution in [0.1, 0.15) is 0 Å². The van der Waals surface area contributed by atoms with Gasteiger partial charge in [-0.1, -0.05) is 60.2 Å². The minimum atomic E-state index is -1.89. The summed E-state index contributed by atoms with van der Waals surface area (Å²) in [6.07, 6.45) is 0. The van der Waals surface area contributed by atoms with Gasteiger partial charge in [0.1, 0.15) is 8.07 Å². The molecule has 14 heavy (non-hydrogen) atoms. The molecule has 0 fully saturated rings. The lowest BCUT2D eigenvalue weighted by Crippen LogP contribution is -2.42. The first-order valence-electron chi connectivity index (χ1n) is 4.23. The molecule has 0 aromatic heterocycles. The molecule has 0 atom stereocenters. The molecule has 0 unspecified atom stereocenters. The van der Waals surface area contributed by atoms with Crippen molar-refractivity contribution < 1.29 is 4.39 Å². The third-order valence-electron chi connectivity index (χ3n) is 2.21. The lowest BCUT2D eigenvalue weighted by Gasteiger charge is -2.22. The van der Waals surface area contributed by atoms with Gasteiger partial charge in [-0.3, -0.25) is 0 Å². The van der Waals surface area contributed by atoms with Crippen LogP contribution in [0.25, 0.3) is 0 Å². The monoisotopic (exact) mass is 340 g/mol. The van der Waals surface area contributed by atoms with Crippen molar-refractivity contribution in [2.45, 2.75) is 13.1 Å². The molecular weight excluding hydrogens is 330 g/mol. The van der Waals surface area contributed by atoms with E-state index >= 15 is 0 Å². The van der Waals surface area contributed by atoms with Crippen LogP contribution in [-0.4, -0.2) is 8.07 Å². The van der Waals surface area contributed by atoms with Crippen molar-refractivity contribution in [2.24, 2.45) is 0 Å². The quantitative estimate of drug-likeness (QED) is 0.565. The van der Waals surface area contributed by atoms with Gasteiger partial charge in [0.25, 0.3) is 0 Å². The molecule has 0 saturated heterocycles. The fourth-order valence-corrected chi connectivity index (χ4v) is 4.61. The molecule has 0 radical (unpaired) electrons. The van der Waals surface area contributed by atoms with E-state index in [1.54, 1.807) is 0 Å². The van der Waals surface area contributed by atoms with Gasteiger partial charge in [0.15, 0.2) is 5.29 Å². The van der Waals surface area contributed by atoms with Gasteiger partial charge in [-0.25, -0.2) is 0 Å². The SMILES string of the molecule is C[Si](C)(/C(I)=C(/F)Cl)c1ccccc1. The van der Waals surface area contributed by atoms with Gasteiger partial charge in [0.2, 0.25) is 0 Å². The Bertz CT molecular complexity index is 344. The Morgan fingerprint density at radius 2 is 1.79 bits per heavy atom. The Labute approximate surface area is 103 Å². The average Bonchev–Trinajstić information content (AvgIpc) is 2.18. The molecule has 1 aromatic carbocycles. The van der Waals surface area contributed by atoms with Crippen molar-refractivity contribution in [3.63, 3.8) is 0 Å². The molecule has 0 nitrogen and oxygen atoms in total. The van der Waals surface area contributed by atoms with Gasteiger partial charge in [-0.2, -0.15) is 4.39 Å². The number of hydrogen-bond acceptors (Lipinski definition) is 0. The molecule has 0 aliphatic carbocycles. The van der Waals surface area contributed by atoms with Gasteiger partial charge >= 0.3 is 0 Å². The third kappa shape index (κ3) is 2.58. The molecule has 0 bridgehead atoms. The predicted molar refractivity (Wildman–Crippen MR) is 71.6 cm³/mol. The molecular formula is C10H11ClFISi. The molecule has 0 saturated carbocycles. The summed E-state index contributed by atoms with van der Waals surface area (Å²) in [5.74, 6) is 0. The second kappa shape index (κ2) is 4.77. The summed E-state index contributed by atoms with van der Waals surface area (Å²) >= 11 is 7.42. The number of rotatable bonds is 2. The lowest BCUT2D eigenvalue weighted by molar-refractivity contribution is 0.695. The van der Waals surface area contributed by atoms with Crippen molar-refractivity contribution in [1.29, 1.82) is 0 Å². The molecule has 0 spiro atoms. The minimum Gasteiger partial charge on any atom is -0.193 e. The van der Waals surface area contributed by atoms with Crippen LogP contribution in [0.2, 0.25) is 13.1 Å². The van der Waals surface area contributed by atoms with Gasteiger partial charge in [-0.05, 0) is 22.6 Å². The fourth-order valence-electron chi connectivity index (χ4n) is 1.22. The first-order valence-corrected chi connectivity index (χ1v) is 8.68. The molecule has 1 rings (SSSR count). The summed E-state index contributed by atoms with van der Waals surface area (Å²) < 4.78 is 13.6. The highest BCUT2D eigenvalue weighted by molar-refractivity contribution is 14.1. The summed E-state index contributed by atoms with van der Waals surface area (Å²) in [6, 6.07) is 9.97. The van der Waals surface area contributed by atoms with E-state index in [2.05, 4.69) is 13.1 Å². The third-order valence-corrected chi connectivity index (χ3v) is 10.5. The highest BCUT2D eigenvalue weighted by Gasteiger charge is 2.29. The van der Waals surface area contributed by atoms with E-state index in [9.17, 15) is 4.39 Å². The summed E-state index contributed by atoms with van der Waals surface area (Å²) in [5, 5.41) is 0.631. The molecule has 0 N–H and O–H groups in total. The Hall–Kier alpha value is 0.127. The molecule has 0 aliphatic heterocycles. The van der Waals surface area contributed by atoms with E-state index < -0.39 is 13.4 Å². The van der Waals surface area contributed by atoms with Gasteiger partial charge in [-0.15, -0.1) is 0 Å².